The number of aromatic nitrogens is 2. The highest BCUT2D eigenvalue weighted by atomic mass is 32.1. The van der Waals surface area contributed by atoms with E-state index >= 15 is 0 Å². The number of carbonyl (C=O) groups excluding carboxylic acids is 1. The SMILES string of the molecule is COc1ccc(CNC(=O)CCc2nc(-c3cccnc3)cs2)cc1. The van der Waals surface area contributed by atoms with Crippen LogP contribution in [0.15, 0.2) is 54.2 Å². The van der Waals surface area contributed by atoms with Gasteiger partial charge in [-0.05, 0) is 29.8 Å². The smallest absolute Gasteiger partial charge is 0.220 e. The molecule has 3 rings (SSSR count). The average molecular weight is 353 g/mol. The van der Waals surface area contributed by atoms with E-state index in [-0.39, 0.29) is 5.91 Å². The van der Waals surface area contributed by atoms with Gasteiger partial charge in [0.25, 0.3) is 0 Å². The molecule has 0 aliphatic carbocycles. The third-order valence-electron chi connectivity index (χ3n) is 3.72. The summed E-state index contributed by atoms with van der Waals surface area (Å²) >= 11 is 1.57. The van der Waals surface area contributed by atoms with Gasteiger partial charge in [0.15, 0.2) is 0 Å². The molecule has 25 heavy (non-hydrogen) atoms. The first kappa shape index (κ1) is 17.1. The van der Waals surface area contributed by atoms with Crippen molar-refractivity contribution < 1.29 is 9.53 Å². The lowest BCUT2D eigenvalue weighted by atomic mass is 10.2. The number of aryl methyl sites for hydroxylation is 1. The number of nitrogens with one attached hydrogen (secondary N) is 1. The molecule has 0 saturated carbocycles. The van der Waals surface area contributed by atoms with Gasteiger partial charge >= 0.3 is 0 Å². The molecule has 0 atom stereocenters. The second kappa shape index (κ2) is 8.39. The summed E-state index contributed by atoms with van der Waals surface area (Å²) in [5.74, 6) is 0.831. The lowest BCUT2D eigenvalue weighted by Crippen LogP contribution is -2.22. The molecule has 0 fully saturated rings. The molecule has 6 heteroatoms. The normalized spacial score (nSPS) is 10.4. The fourth-order valence-corrected chi connectivity index (χ4v) is 3.13. The van der Waals surface area contributed by atoms with Crippen molar-refractivity contribution in [1.82, 2.24) is 15.3 Å². The maximum atomic E-state index is 12.0. The van der Waals surface area contributed by atoms with Crippen LogP contribution < -0.4 is 10.1 Å². The lowest BCUT2D eigenvalue weighted by Gasteiger charge is -2.06. The van der Waals surface area contributed by atoms with Crippen LogP contribution in [0.3, 0.4) is 0 Å². The van der Waals surface area contributed by atoms with Crippen LogP contribution in [0, 0.1) is 0 Å². The molecule has 1 aromatic carbocycles. The van der Waals surface area contributed by atoms with E-state index in [0.29, 0.717) is 19.4 Å². The third kappa shape index (κ3) is 4.87. The molecule has 2 heterocycles. The Morgan fingerprint density at radius 3 is 2.80 bits per heavy atom. The largest absolute Gasteiger partial charge is 0.497 e. The maximum Gasteiger partial charge on any atom is 0.220 e. The first-order chi connectivity index (χ1) is 12.2. The Balaban J connectivity index is 1.46. The summed E-state index contributed by atoms with van der Waals surface area (Å²) in [5.41, 5.74) is 2.95. The van der Waals surface area contributed by atoms with Crippen molar-refractivity contribution in [2.45, 2.75) is 19.4 Å². The average Bonchev–Trinajstić information content (AvgIpc) is 3.15. The fourth-order valence-electron chi connectivity index (χ4n) is 2.33. The van der Waals surface area contributed by atoms with Crippen molar-refractivity contribution in [3.05, 3.63) is 64.7 Å². The summed E-state index contributed by atoms with van der Waals surface area (Å²) in [5, 5.41) is 5.89. The number of methoxy groups -OCH3 is 1. The zero-order chi connectivity index (χ0) is 17.5. The Hall–Kier alpha value is -2.73. The molecule has 0 radical (unpaired) electrons. The van der Waals surface area contributed by atoms with E-state index < -0.39 is 0 Å². The quantitative estimate of drug-likeness (QED) is 0.706. The van der Waals surface area contributed by atoms with Crippen molar-refractivity contribution in [2.75, 3.05) is 7.11 Å². The molecule has 0 unspecified atom stereocenters. The minimum Gasteiger partial charge on any atom is -0.497 e. The molecule has 1 amide bonds. The van der Waals surface area contributed by atoms with Crippen molar-refractivity contribution >= 4 is 17.2 Å². The van der Waals surface area contributed by atoms with Gasteiger partial charge in [-0.3, -0.25) is 9.78 Å². The van der Waals surface area contributed by atoms with Gasteiger partial charge in [-0.1, -0.05) is 12.1 Å². The highest BCUT2D eigenvalue weighted by Crippen LogP contribution is 2.21. The predicted octanol–water partition coefficient (Wildman–Crippen LogP) is 3.46. The van der Waals surface area contributed by atoms with E-state index in [2.05, 4.69) is 15.3 Å². The van der Waals surface area contributed by atoms with Gasteiger partial charge in [0.2, 0.25) is 5.91 Å². The van der Waals surface area contributed by atoms with Crippen LogP contribution in [0.4, 0.5) is 0 Å². The van der Waals surface area contributed by atoms with Gasteiger partial charge < -0.3 is 10.1 Å². The van der Waals surface area contributed by atoms with E-state index in [1.807, 2.05) is 41.8 Å². The first-order valence-electron chi connectivity index (χ1n) is 7.99. The summed E-state index contributed by atoms with van der Waals surface area (Å²) < 4.78 is 5.12. The topological polar surface area (TPSA) is 64.1 Å². The zero-order valence-corrected chi connectivity index (χ0v) is 14.8. The standard InChI is InChI=1S/C19H19N3O2S/c1-24-16-6-4-14(5-7-16)11-21-18(23)8-9-19-22-17(13-25-19)15-3-2-10-20-12-15/h2-7,10,12-13H,8-9,11H2,1H3,(H,21,23). The summed E-state index contributed by atoms with van der Waals surface area (Å²) in [6.07, 6.45) is 4.60. The van der Waals surface area contributed by atoms with E-state index in [0.717, 1.165) is 27.6 Å². The highest BCUT2D eigenvalue weighted by Gasteiger charge is 2.07. The third-order valence-corrected chi connectivity index (χ3v) is 4.63. The Labute approximate surface area is 150 Å². The van der Waals surface area contributed by atoms with Crippen LogP contribution in [0.1, 0.15) is 17.0 Å². The number of hydrogen-bond acceptors (Lipinski definition) is 5. The fraction of sp³-hybridized carbons (Fsp3) is 0.211. The second-order valence-corrected chi connectivity index (χ2v) is 6.44. The maximum absolute atomic E-state index is 12.0. The monoisotopic (exact) mass is 353 g/mol. The summed E-state index contributed by atoms with van der Waals surface area (Å²) in [7, 11) is 1.63. The Kier molecular flexibility index (Phi) is 5.74. The Morgan fingerprint density at radius 1 is 1.24 bits per heavy atom. The summed E-state index contributed by atoms with van der Waals surface area (Å²) in [6, 6.07) is 11.5. The Bertz CT molecular complexity index is 816. The van der Waals surface area contributed by atoms with Gasteiger partial charge in [0, 0.05) is 42.7 Å². The van der Waals surface area contributed by atoms with Crippen LogP contribution >= 0.6 is 11.3 Å². The van der Waals surface area contributed by atoms with E-state index in [4.69, 9.17) is 4.74 Å². The molecular weight excluding hydrogens is 334 g/mol. The first-order valence-corrected chi connectivity index (χ1v) is 8.87. The van der Waals surface area contributed by atoms with E-state index in [9.17, 15) is 4.79 Å². The van der Waals surface area contributed by atoms with Crippen LogP contribution in [0.5, 0.6) is 5.75 Å². The van der Waals surface area contributed by atoms with Crippen molar-refractivity contribution in [3.63, 3.8) is 0 Å². The van der Waals surface area contributed by atoms with Gasteiger partial charge in [0.05, 0.1) is 17.8 Å². The number of rotatable bonds is 7. The highest BCUT2D eigenvalue weighted by molar-refractivity contribution is 7.09. The number of benzene rings is 1. The predicted molar refractivity (Wildman–Crippen MR) is 98.5 cm³/mol. The number of hydrogen-bond donors (Lipinski definition) is 1. The Morgan fingerprint density at radius 2 is 2.08 bits per heavy atom. The number of thiazole rings is 1. The number of amides is 1. The van der Waals surface area contributed by atoms with Gasteiger partial charge in [-0.2, -0.15) is 0 Å². The molecule has 5 nitrogen and oxygen atoms in total. The molecule has 128 valence electrons. The van der Waals surface area contributed by atoms with Crippen LogP contribution in [0.25, 0.3) is 11.3 Å². The molecule has 1 N–H and O–H groups in total. The number of nitrogens with zero attached hydrogens (tertiary/aromatic N) is 2. The van der Waals surface area contributed by atoms with E-state index in [1.54, 1.807) is 30.8 Å². The second-order valence-electron chi connectivity index (χ2n) is 5.49. The molecule has 2 aromatic heterocycles. The minimum absolute atomic E-state index is 0.0222. The van der Waals surface area contributed by atoms with Gasteiger partial charge in [0.1, 0.15) is 5.75 Å². The molecule has 3 aromatic rings. The molecule has 0 aliphatic heterocycles. The van der Waals surface area contributed by atoms with Crippen molar-refractivity contribution in [1.29, 1.82) is 0 Å². The van der Waals surface area contributed by atoms with Gasteiger partial charge in [-0.25, -0.2) is 4.98 Å². The van der Waals surface area contributed by atoms with Gasteiger partial charge in [-0.15, -0.1) is 11.3 Å². The van der Waals surface area contributed by atoms with Crippen molar-refractivity contribution in [3.8, 4) is 17.0 Å². The van der Waals surface area contributed by atoms with Crippen LogP contribution in [0.2, 0.25) is 0 Å². The summed E-state index contributed by atoms with van der Waals surface area (Å²) in [4.78, 5) is 20.7. The molecule has 0 bridgehead atoms. The molecule has 0 spiro atoms. The number of ether oxygens (including phenoxy) is 1. The van der Waals surface area contributed by atoms with Crippen LogP contribution in [-0.4, -0.2) is 23.0 Å². The summed E-state index contributed by atoms with van der Waals surface area (Å²) in [6.45, 7) is 0.516. The molecular formula is C19H19N3O2S. The molecule has 0 aliphatic rings. The lowest BCUT2D eigenvalue weighted by molar-refractivity contribution is -0.121. The number of pyridine rings is 1. The van der Waals surface area contributed by atoms with Crippen molar-refractivity contribution in [2.24, 2.45) is 0 Å². The minimum atomic E-state index is 0.0222. The number of carbonyl (C=O) groups is 1. The van der Waals surface area contributed by atoms with E-state index in [1.165, 1.54) is 0 Å². The molecule has 0 saturated heterocycles. The van der Waals surface area contributed by atoms with Crippen LogP contribution in [-0.2, 0) is 17.8 Å². The zero-order valence-electron chi connectivity index (χ0n) is 13.9.